The summed E-state index contributed by atoms with van der Waals surface area (Å²) in [6.45, 7) is 0.512. The molecule has 0 bridgehead atoms. The van der Waals surface area contributed by atoms with Gasteiger partial charge in [0.15, 0.2) is 0 Å². The van der Waals surface area contributed by atoms with Crippen molar-refractivity contribution in [2.24, 2.45) is 5.73 Å². The van der Waals surface area contributed by atoms with Crippen LogP contribution in [0.3, 0.4) is 0 Å². The molecule has 0 aliphatic heterocycles. The van der Waals surface area contributed by atoms with Crippen molar-refractivity contribution in [3.8, 4) is 23.0 Å². The van der Waals surface area contributed by atoms with Crippen LogP contribution in [0.4, 0.5) is 0 Å². The lowest BCUT2D eigenvalue weighted by Gasteiger charge is -2.05. The lowest BCUT2D eigenvalue weighted by molar-refractivity contribution is 0.463. The van der Waals surface area contributed by atoms with Crippen molar-refractivity contribution in [3.05, 3.63) is 48.2 Å². The number of aromatic nitrogens is 5. The molecule has 3 aromatic rings. The normalized spacial score (nSPS) is 10.4. The highest BCUT2D eigenvalue weighted by Gasteiger charge is 2.04. The van der Waals surface area contributed by atoms with Gasteiger partial charge in [-0.25, -0.2) is 4.98 Å². The molecule has 3 rings (SSSR count). The number of pyridine rings is 1. The Morgan fingerprint density at radius 3 is 2.55 bits per heavy atom. The number of rotatable bonds is 4. The van der Waals surface area contributed by atoms with Gasteiger partial charge in [0.2, 0.25) is 11.7 Å². The van der Waals surface area contributed by atoms with E-state index >= 15 is 0 Å². The van der Waals surface area contributed by atoms with Crippen molar-refractivity contribution < 1.29 is 4.74 Å². The first-order valence-electron chi connectivity index (χ1n) is 6.02. The molecule has 0 aliphatic rings. The summed E-state index contributed by atoms with van der Waals surface area (Å²) in [6.07, 6.45) is 1.63. The highest BCUT2D eigenvalue weighted by molar-refractivity contribution is 5.52. The topological polar surface area (TPSA) is 103 Å². The van der Waals surface area contributed by atoms with E-state index in [4.69, 9.17) is 10.5 Å². The summed E-state index contributed by atoms with van der Waals surface area (Å²) in [6, 6.07) is 11.1. The molecule has 1 aromatic carbocycles. The van der Waals surface area contributed by atoms with Gasteiger partial charge in [0.1, 0.15) is 5.75 Å². The quantitative estimate of drug-likeness (QED) is 0.743. The molecule has 0 atom stereocenters. The van der Waals surface area contributed by atoms with Crippen molar-refractivity contribution in [1.29, 1.82) is 0 Å². The molecule has 0 fully saturated rings. The van der Waals surface area contributed by atoms with Gasteiger partial charge in [-0.3, -0.25) is 0 Å². The van der Waals surface area contributed by atoms with E-state index in [2.05, 4.69) is 25.6 Å². The van der Waals surface area contributed by atoms with Crippen molar-refractivity contribution in [2.45, 2.75) is 6.54 Å². The van der Waals surface area contributed by atoms with Crippen LogP contribution < -0.4 is 10.5 Å². The first-order chi connectivity index (χ1) is 9.85. The lowest BCUT2D eigenvalue weighted by Crippen LogP contribution is -1.95. The van der Waals surface area contributed by atoms with Crippen molar-refractivity contribution in [1.82, 2.24) is 25.6 Å². The highest BCUT2D eigenvalue weighted by Crippen LogP contribution is 2.21. The maximum absolute atomic E-state index is 5.63. The standard InChI is InChI=1S/C13H12N6O/c14-7-9-1-4-11(5-2-9)20-12-6-3-10(8-15-12)13-16-18-19-17-13/h1-6,8H,7,14H2,(H,16,17,18,19). The Balaban J connectivity index is 1.74. The molecule has 2 aromatic heterocycles. The summed E-state index contributed by atoms with van der Waals surface area (Å²) in [7, 11) is 0. The molecule has 0 aliphatic carbocycles. The number of hydrogen-bond acceptors (Lipinski definition) is 6. The van der Waals surface area contributed by atoms with Crippen LogP contribution in [-0.2, 0) is 6.54 Å². The number of hydrogen-bond donors (Lipinski definition) is 2. The van der Waals surface area contributed by atoms with Gasteiger partial charge in [-0.2, -0.15) is 5.21 Å². The van der Waals surface area contributed by atoms with Crippen molar-refractivity contribution in [3.63, 3.8) is 0 Å². The summed E-state index contributed by atoms with van der Waals surface area (Å²) < 4.78 is 5.63. The first-order valence-corrected chi connectivity index (χ1v) is 6.02. The number of benzene rings is 1. The molecule has 20 heavy (non-hydrogen) atoms. The van der Waals surface area contributed by atoms with Crippen LogP contribution in [0.25, 0.3) is 11.4 Å². The minimum absolute atomic E-state index is 0.497. The Bertz CT molecular complexity index is 663. The van der Waals surface area contributed by atoms with E-state index in [-0.39, 0.29) is 0 Å². The molecule has 7 nitrogen and oxygen atoms in total. The van der Waals surface area contributed by atoms with E-state index in [0.717, 1.165) is 11.1 Å². The minimum Gasteiger partial charge on any atom is -0.439 e. The van der Waals surface area contributed by atoms with Crippen LogP contribution >= 0.6 is 0 Å². The summed E-state index contributed by atoms with van der Waals surface area (Å²) in [5.41, 5.74) is 7.36. The Morgan fingerprint density at radius 1 is 1.10 bits per heavy atom. The van der Waals surface area contributed by atoms with E-state index in [1.165, 1.54) is 0 Å². The Kier molecular flexibility index (Phi) is 3.34. The molecule has 3 N–H and O–H groups in total. The molecule has 0 amide bonds. The van der Waals surface area contributed by atoms with E-state index in [0.29, 0.717) is 24.0 Å². The lowest BCUT2D eigenvalue weighted by atomic mass is 10.2. The number of nitrogens with one attached hydrogen (secondary N) is 1. The second-order valence-electron chi connectivity index (χ2n) is 4.07. The van der Waals surface area contributed by atoms with Crippen LogP contribution in [0.2, 0.25) is 0 Å². The van der Waals surface area contributed by atoms with Gasteiger partial charge < -0.3 is 10.5 Å². The average molecular weight is 268 g/mol. The molecular formula is C13H12N6O. The Labute approximate surface area is 114 Å². The van der Waals surface area contributed by atoms with Crippen LogP contribution in [0.1, 0.15) is 5.56 Å². The highest BCUT2D eigenvalue weighted by atomic mass is 16.5. The molecule has 0 radical (unpaired) electrons. The zero-order valence-corrected chi connectivity index (χ0v) is 10.5. The maximum Gasteiger partial charge on any atom is 0.219 e. The zero-order chi connectivity index (χ0) is 13.8. The van der Waals surface area contributed by atoms with Gasteiger partial charge in [0.05, 0.1) is 0 Å². The van der Waals surface area contributed by atoms with Gasteiger partial charge in [0, 0.05) is 24.4 Å². The Hall–Kier alpha value is -2.80. The third-order valence-electron chi connectivity index (χ3n) is 2.72. The van der Waals surface area contributed by atoms with Gasteiger partial charge in [-0.15, -0.1) is 10.2 Å². The molecule has 0 saturated carbocycles. The predicted octanol–water partition coefficient (Wildman–Crippen LogP) is 1.51. The molecular weight excluding hydrogens is 256 g/mol. The molecule has 0 unspecified atom stereocenters. The van der Waals surface area contributed by atoms with E-state index in [9.17, 15) is 0 Å². The number of nitrogens with zero attached hydrogens (tertiary/aromatic N) is 4. The monoisotopic (exact) mass is 268 g/mol. The summed E-state index contributed by atoms with van der Waals surface area (Å²) in [5, 5.41) is 13.7. The predicted molar refractivity (Wildman–Crippen MR) is 71.8 cm³/mol. The fraction of sp³-hybridized carbons (Fsp3) is 0.0769. The zero-order valence-electron chi connectivity index (χ0n) is 10.5. The second kappa shape index (κ2) is 5.45. The van der Waals surface area contributed by atoms with E-state index < -0.39 is 0 Å². The molecule has 0 spiro atoms. The smallest absolute Gasteiger partial charge is 0.219 e. The fourth-order valence-corrected chi connectivity index (χ4v) is 1.67. The fourth-order valence-electron chi connectivity index (χ4n) is 1.67. The van der Waals surface area contributed by atoms with Gasteiger partial charge in [-0.05, 0) is 29.0 Å². The van der Waals surface area contributed by atoms with E-state index in [1.54, 1.807) is 12.3 Å². The number of nitrogens with two attached hydrogens (primary N) is 1. The third-order valence-corrected chi connectivity index (χ3v) is 2.72. The van der Waals surface area contributed by atoms with E-state index in [1.807, 2.05) is 30.3 Å². The van der Waals surface area contributed by atoms with Gasteiger partial charge in [-0.1, -0.05) is 12.1 Å². The summed E-state index contributed by atoms with van der Waals surface area (Å²) >= 11 is 0. The number of aromatic amines is 1. The van der Waals surface area contributed by atoms with Crippen molar-refractivity contribution in [2.75, 3.05) is 0 Å². The second-order valence-corrected chi connectivity index (χ2v) is 4.07. The van der Waals surface area contributed by atoms with Crippen LogP contribution in [0, 0.1) is 0 Å². The summed E-state index contributed by atoms with van der Waals surface area (Å²) in [4.78, 5) is 4.20. The minimum atomic E-state index is 0.497. The largest absolute Gasteiger partial charge is 0.439 e. The molecule has 2 heterocycles. The third kappa shape index (κ3) is 2.62. The molecule has 7 heteroatoms. The van der Waals surface area contributed by atoms with Gasteiger partial charge >= 0.3 is 0 Å². The SMILES string of the molecule is NCc1ccc(Oc2ccc(-c3nn[nH]n3)cn2)cc1. The number of ether oxygens (including phenoxy) is 1. The molecule has 0 saturated heterocycles. The first kappa shape index (κ1) is 12.2. The maximum atomic E-state index is 5.63. The Morgan fingerprint density at radius 2 is 1.95 bits per heavy atom. The molecule has 100 valence electrons. The number of H-pyrrole nitrogens is 1. The average Bonchev–Trinajstić information content (AvgIpc) is 3.03. The summed E-state index contributed by atoms with van der Waals surface area (Å²) in [5.74, 6) is 1.70. The van der Waals surface area contributed by atoms with Crippen LogP contribution in [0.15, 0.2) is 42.6 Å². The number of tetrazole rings is 1. The van der Waals surface area contributed by atoms with Crippen LogP contribution in [0.5, 0.6) is 11.6 Å². The van der Waals surface area contributed by atoms with Crippen molar-refractivity contribution >= 4 is 0 Å². The van der Waals surface area contributed by atoms with Gasteiger partial charge in [0.25, 0.3) is 0 Å². The van der Waals surface area contributed by atoms with Crippen LogP contribution in [-0.4, -0.2) is 25.6 Å².